The zero-order chi connectivity index (χ0) is 22.2. The molecule has 2 heterocycles. The number of carbonyl (C=O) groups is 2. The summed E-state index contributed by atoms with van der Waals surface area (Å²) >= 11 is 0. The highest BCUT2D eigenvalue weighted by atomic mass is 19.1. The maximum atomic E-state index is 13.7. The molecule has 0 saturated carbocycles. The maximum absolute atomic E-state index is 13.7. The second kappa shape index (κ2) is 8.37. The Labute approximate surface area is 180 Å². The number of rotatable bonds is 4. The standard InChI is InChI=1S/C23H27FN4O3/c1-28-13-15-12-16(24)3-5-17(15)18-4-2-14(10-19(18)21(28)29)11-20(25)27-22(30)23(26)6-8-31-9-7-23/h2-5,10,12,20H,6-9,11,13,25-26H2,1H3,(H,27,30)/t20-/m0/s1. The van der Waals surface area contributed by atoms with Gasteiger partial charge in [0.05, 0.1) is 11.7 Å². The quantitative estimate of drug-likeness (QED) is 0.642. The predicted octanol–water partition coefficient (Wildman–Crippen LogP) is 1.53. The number of hydrogen-bond acceptors (Lipinski definition) is 5. The summed E-state index contributed by atoms with van der Waals surface area (Å²) in [7, 11) is 1.69. The lowest BCUT2D eigenvalue weighted by Crippen LogP contribution is -2.60. The van der Waals surface area contributed by atoms with Gasteiger partial charge in [0.25, 0.3) is 5.91 Å². The van der Waals surface area contributed by atoms with Gasteiger partial charge in [-0.25, -0.2) is 4.39 Å². The van der Waals surface area contributed by atoms with E-state index in [9.17, 15) is 14.0 Å². The zero-order valence-corrected chi connectivity index (χ0v) is 17.5. The number of nitrogens with two attached hydrogens (primary N) is 2. The van der Waals surface area contributed by atoms with Crippen molar-refractivity contribution in [3.05, 3.63) is 58.9 Å². The van der Waals surface area contributed by atoms with Gasteiger partial charge in [-0.05, 0) is 53.3 Å². The third kappa shape index (κ3) is 4.32. The molecule has 5 N–H and O–H groups in total. The smallest absolute Gasteiger partial charge is 0.254 e. The Morgan fingerprint density at radius 2 is 1.90 bits per heavy atom. The molecule has 0 unspecified atom stereocenters. The van der Waals surface area contributed by atoms with Crippen LogP contribution in [0.4, 0.5) is 4.39 Å². The Morgan fingerprint density at radius 3 is 2.65 bits per heavy atom. The zero-order valence-electron chi connectivity index (χ0n) is 17.5. The van der Waals surface area contributed by atoms with Crippen molar-refractivity contribution in [2.45, 2.75) is 37.5 Å². The van der Waals surface area contributed by atoms with Crippen LogP contribution < -0.4 is 16.8 Å². The molecule has 2 aliphatic rings. The van der Waals surface area contributed by atoms with Crippen molar-refractivity contribution in [2.24, 2.45) is 11.5 Å². The molecular formula is C23H27FN4O3. The molecule has 7 nitrogen and oxygen atoms in total. The summed E-state index contributed by atoms with van der Waals surface area (Å²) in [4.78, 5) is 27.1. The molecule has 0 radical (unpaired) electrons. The van der Waals surface area contributed by atoms with E-state index in [1.807, 2.05) is 12.1 Å². The molecule has 0 aliphatic carbocycles. The van der Waals surface area contributed by atoms with Crippen molar-refractivity contribution in [3.8, 4) is 11.1 Å². The van der Waals surface area contributed by atoms with Crippen molar-refractivity contribution in [3.63, 3.8) is 0 Å². The van der Waals surface area contributed by atoms with Gasteiger partial charge in [-0.1, -0.05) is 18.2 Å². The molecule has 164 valence electrons. The molecule has 2 amide bonds. The lowest BCUT2D eigenvalue weighted by Gasteiger charge is -2.32. The van der Waals surface area contributed by atoms with Crippen LogP contribution in [-0.2, 0) is 22.5 Å². The summed E-state index contributed by atoms with van der Waals surface area (Å²) in [6.45, 7) is 1.23. The molecule has 31 heavy (non-hydrogen) atoms. The van der Waals surface area contributed by atoms with Crippen LogP contribution in [0.3, 0.4) is 0 Å². The van der Waals surface area contributed by atoms with Crippen LogP contribution in [0, 0.1) is 5.82 Å². The first kappa shape index (κ1) is 21.4. The molecule has 8 heteroatoms. The van der Waals surface area contributed by atoms with Crippen molar-refractivity contribution in [1.29, 1.82) is 0 Å². The highest BCUT2D eigenvalue weighted by molar-refractivity contribution is 6.02. The molecule has 1 atom stereocenters. The van der Waals surface area contributed by atoms with Gasteiger partial charge >= 0.3 is 0 Å². The summed E-state index contributed by atoms with van der Waals surface area (Å²) in [5.41, 5.74) is 15.1. The lowest BCUT2D eigenvalue weighted by molar-refractivity contribution is -0.130. The molecule has 0 bridgehead atoms. The summed E-state index contributed by atoms with van der Waals surface area (Å²) in [6, 6.07) is 10.1. The molecular weight excluding hydrogens is 399 g/mol. The Bertz CT molecular complexity index is 1020. The van der Waals surface area contributed by atoms with E-state index in [1.54, 1.807) is 24.1 Å². The molecule has 2 aromatic rings. The van der Waals surface area contributed by atoms with Gasteiger partial charge in [0, 0.05) is 38.8 Å². The minimum atomic E-state index is -0.971. The number of carbonyl (C=O) groups excluding carboxylic acids is 2. The van der Waals surface area contributed by atoms with E-state index >= 15 is 0 Å². The first-order valence-electron chi connectivity index (χ1n) is 10.4. The van der Waals surface area contributed by atoms with Crippen molar-refractivity contribution in [2.75, 3.05) is 20.3 Å². The number of fused-ring (bicyclic) bond motifs is 3. The minimum absolute atomic E-state index is 0.144. The molecule has 1 fully saturated rings. The normalized spacial score (nSPS) is 18.6. The van der Waals surface area contributed by atoms with E-state index in [0.29, 0.717) is 44.6 Å². The molecule has 0 spiro atoms. The van der Waals surface area contributed by atoms with Gasteiger partial charge in [-0.15, -0.1) is 0 Å². The van der Waals surface area contributed by atoms with Gasteiger partial charge in [0.2, 0.25) is 5.91 Å². The first-order chi connectivity index (χ1) is 14.8. The van der Waals surface area contributed by atoms with E-state index in [4.69, 9.17) is 16.2 Å². The molecule has 4 rings (SSSR count). The Hall–Kier alpha value is -2.81. The largest absolute Gasteiger partial charge is 0.381 e. The number of amides is 2. The summed E-state index contributed by atoms with van der Waals surface area (Å²) in [6.07, 6.45) is 0.601. The fourth-order valence-corrected chi connectivity index (χ4v) is 4.20. The molecule has 0 aromatic heterocycles. The second-order valence-electron chi connectivity index (χ2n) is 8.40. The second-order valence-corrected chi connectivity index (χ2v) is 8.40. The Kier molecular flexibility index (Phi) is 5.79. The Balaban J connectivity index is 1.55. The van der Waals surface area contributed by atoms with E-state index < -0.39 is 11.7 Å². The SMILES string of the molecule is CN1Cc2cc(F)ccc2-c2ccc(C[C@@H](N)NC(=O)C3(N)CCOCC3)cc2C1=O. The highest BCUT2D eigenvalue weighted by Crippen LogP contribution is 2.33. The average molecular weight is 426 g/mol. The van der Waals surface area contributed by atoms with Gasteiger partial charge in [-0.3, -0.25) is 9.59 Å². The molecule has 1 saturated heterocycles. The van der Waals surface area contributed by atoms with Crippen molar-refractivity contribution < 1.29 is 18.7 Å². The van der Waals surface area contributed by atoms with Gasteiger partial charge in [-0.2, -0.15) is 0 Å². The van der Waals surface area contributed by atoms with E-state index in [2.05, 4.69) is 5.32 Å². The van der Waals surface area contributed by atoms with Gasteiger partial charge in [0.15, 0.2) is 0 Å². The number of benzene rings is 2. The van der Waals surface area contributed by atoms with Crippen LogP contribution in [0.15, 0.2) is 36.4 Å². The van der Waals surface area contributed by atoms with E-state index in [1.165, 1.54) is 12.1 Å². The van der Waals surface area contributed by atoms with Crippen LogP contribution in [-0.4, -0.2) is 48.7 Å². The van der Waals surface area contributed by atoms with Crippen molar-refractivity contribution >= 4 is 11.8 Å². The average Bonchev–Trinajstić information content (AvgIpc) is 2.83. The number of nitrogens with zero attached hydrogens (tertiary/aromatic N) is 1. The summed E-state index contributed by atoms with van der Waals surface area (Å²) in [5.74, 6) is -0.761. The molecule has 2 aromatic carbocycles. The van der Waals surface area contributed by atoms with E-state index in [0.717, 1.165) is 22.3 Å². The third-order valence-electron chi connectivity index (χ3n) is 6.04. The number of halogens is 1. The summed E-state index contributed by atoms with van der Waals surface area (Å²) < 4.78 is 19.0. The Morgan fingerprint density at radius 1 is 1.19 bits per heavy atom. The monoisotopic (exact) mass is 426 g/mol. The lowest BCUT2D eigenvalue weighted by atomic mass is 9.90. The maximum Gasteiger partial charge on any atom is 0.254 e. The van der Waals surface area contributed by atoms with Crippen LogP contribution in [0.25, 0.3) is 11.1 Å². The topological polar surface area (TPSA) is 111 Å². The fraction of sp³-hybridized carbons (Fsp3) is 0.391. The van der Waals surface area contributed by atoms with Crippen molar-refractivity contribution in [1.82, 2.24) is 10.2 Å². The van der Waals surface area contributed by atoms with Crippen LogP contribution in [0.5, 0.6) is 0 Å². The fourth-order valence-electron chi connectivity index (χ4n) is 4.20. The van der Waals surface area contributed by atoms with Gasteiger partial charge < -0.3 is 26.4 Å². The van der Waals surface area contributed by atoms with Gasteiger partial charge in [0.1, 0.15) is 5.82 Å². The van der Waals surface area contributed by atoms with Crippen LogP contribution in [0.1, 0.15) is 34.3 Å². The predicted molar refractivity (Wildman–Crippen MR) is 114 cm³/mol. The molecule has 2 aliphatic heterocycles. The number of ether oxygens (including phenoxy) is 1. The third-order valence-corrected chi connectivity index (χ3v) is 6.04. The number of hydrogen-bond donors (Lipinski definition) is 3. The first-order valence-corrected chi connectivity index (χ1v) is 10.4. The minimum Gasteiger partial charge on any atom is -0.381 e. The number of nitrogens with one attached hydrogen (secondary N) is 1. The van der Waals surface area contributed by atoms with Crippen LogP contribution >= 0.6 is 0 Å². The highest BCUT2D eigenvalue weighted by Gasteiger charge is 2.36. The van der Waals surface area contributed by atoms with E-state index in [-0.39, 0.29) is 17.6 Å². The summed E-state index contributed by atoms with van der Waals surface area (Å²) in [5, 5.41) is 2.79. The van der Waals surface area contributed by atoms with Crippen LogP contribution in [0.2, 0.25) is 0 Å².